The lowest BCUT2D eigenvalue weighted by Gasteiger charge is -2.26. The van der Waals surface area contributed by atoms with E-state index in [9.17, 15) is 8.42 Å². The minimum absolute atomic E-state index is 0. The zero-order valence-corrected chi connectivity index (χ0v) is 14.5. The largest absolute Gasteiger partial charge is 0.328 e. The van der Waals surface area contributed by atoms with Gasteiger partial charge in [-0.25, -0.2) is 13.1 Å². The van der Waals surface area contributed by atoms with Gasteiger partial charge in [0.2, 0.25) is 10.0 Å². The second kappa shape index (κ2) is 7.22. The molecule has 1 fully saturated rings. The van der Waals surface area contributed by atoms with E-state index < -0.39 is 10.0 Å². The van der Waals surface area contributed by atoms with E-state index in [0.29, 0.717) is 4.90 Å². The Labute approximate surface area is 135 Å². The molecule has 0 saturated heterocycles. The van der Waals surface area contributed by atoms with E-state index >= 15 is 0 Å². The van der Waals surface area contributed by atoms with Crippen molar-refractivity contribution in [1.29, 1.82) is 0 Å². The number of halogens is 2. The monoisotopic (exact) mass is 382 g/mol. The van der Waals surface area contributed by atoms with Crippen LogP contribution in [0.1, 0.15) is 31.2 Å². The highest BCUT2D eigenvalue weighted by Gasteiger charge is 2.25. The average Bonchev–Trinajstić information content (AvgIpc) is 2.35. The number of aryl methyl sites for hydroxylation is 1. The molecule has 0 bridgehead atoms. The first kappa shape index (κ1) is 17.9. The summed E-state index contributed by atoms with van der Waals surface area (Å²) in [4.78, 5) is 0.344. The van der Waals surface area contributed by atoms with Gasteiger partial charge in [0, 0.05) is 16.6 Å². The third-order valence-electron chi connectivity index (χ3n) is 3.53. The molecule has 4 nitrogen and oxygen atoms in total. The van der Waals surface area contributed by atoms with Crippen molar-refractivity contribution in [2.45, 2.75) is 49.6 Å². The zero-order chi connectivity index (χ0) is 14.0. The van der Waals surface area contributed by atoms with Gasteiger partial charge >= 0.3 is 0 Å². The molecule has 2 rings (SSSR count). The molecule has 1 aliphatic carbocycles. The lowest BCUT2D eigenvalue weighted by Crippen LogP contribution is -2.40. The molecule has 0 aromatic heterocycles. The fourth-order valence-corrected chi connectivity index (χ4v) is 4.47. The van der Waals surface area contributed by atoms with E-state index in [1.807, 2.05) is 6.07 Å². The second-order valence-corrected chi connectivity index (χ2v) is 7.74. The number of hydrogen-bond acceptors (Lipinski definition) is 3. The number of rotatable bonds is 3. The van der Waals surface area contributed by atoms with Crippen LogP contribution in [0, 0.1) is 6.92 Å². The van der Waals surface area contributed by atoms with Crippen LogP contribution in [0.15, 0.2) is 27.6 Å². The average molecular weight is 384 g/mol. The molecule has 20 heavy (non-hydrogen) atoms. The van der Waals surface area contributed by atoms with Crippen LogP contribution in [0.25, 0.3) is 0 Å². The van der Waals surface area contributed by atoms with Gasteiger partial charge in [-0.2, -0.15) is 0 Å². The molecule has 0 unspecified atom stereocenters. The minimum Gasteiger partial charge on any atom is -0.328 e. The summed E-state index contributed by atoms with van der Waals surface area (Å²) in [5, 5.41) is 0. The second-order valence-electron chi connectivity index (χ2n) is 5.14. The molecule has 0 heterocycles. The molecule has 0 amide bonds. The maximum absolute atomic E-state index is 12.4. The number of benzene rings is 1. The predicted molar refractivity (Wildman–Crippen MR) is 86.7 cm³/mol. The molecule has 1 saturated carbocycles. The van der Waals surface area contributed by atoms with Crippen molar-refractivity contribution < 1.29 is 8.42 Å². The van der Waals surface area contributed by atoms with Gasteiger partial charge in [-0.1, -0.05) is 22.0 Å². The van der Waals surface area contributed by atoms with Crippen molar-refractivity contribution in [3.8, 4) is 0 Å². The summed E-state index contributed by atoms with van der Waals surface area (Å²) in [6.07, 6.45) is 3.39. The Kier molecular flexibility index (Phi) is 6.47. The minimum atomic E-state index is -3.45. The lowest BCUT2D eigenvalue weighted by molar-refractivity contribution is 0.373. The number of hydrogen-bond donors (Lipinski definition) is 2. The first-order chi connectivity index (χ1) is 8.88. The first-order valence-corrected chi connectivity index (χ1v) is 8.70. The Morgan fingerprint density at radius 2 is 1.85 bits per heavy atom. The Bertz CT molecular complexity index is 557. The van der Waals surface area contributed by atoms with E-state index in [1.165, 1.54) is 0 Å². The molecule has 0 atom stereocenters. The Morgan fingerprint density at radius 1 is 1.25 bits per heavy atom. The summed E-state index contributed by atoms with van der Waals surface area (Å²) in [7, 11) is -3.45. The van der Waals surface area contributed by atoms with Crippen LogP contribution in [-0.4, -0.2) is 20.5 Å². The summed E-state index contributed by atoms with van der Waals surface area (Å²) in [6, 6.07) is 5.51. The molecule has 0 spiro atoms. The van der Waals surface area contributed by atoms with Crippen LogP contribution in [0.3, 0.4) is 0 Å². The maximum Gasteiger partial charge on any atom is 0.241 e. The van der Waals surface area contributed by atoms with Crippen molar-refractivity contribution in [1.82, 2.24) is 4.72 Å². The van der Waals surface area contributed by atoms with Gasteiger partial charge in [0.15, 0.2) is 0 Å². The normalized spacial score (nSPS) is 23.1. The standard InChI is InChI=1S/C13H19BrN2O2S.ClH/c1-9-2-3-10(14)8-13(9)19(17,18)16-12-6-4-11(15)5-7-12;/h2-3,8,11-12,16H,4-7,15H2,1H3;1H. The van der Waals surface area contributed by atoms with Gasteiger partial charge in [0.25, 0.3) is 0 Å². The van der Waals surface area contributed by atoms with Crippen molar-refractivity contribution in [3.05, 3.63) is 28.2 Å². The summed E-state index contributed by atoms with van der Waals surface area (Å²) in [5.41, 5.74) is 6.59. The molecule has 0 aliphatic heterocycles. The highest BCUT2D eigenvalue weighted by Crippen LogP contribution is 2.23. The van der Waals surface area contributed by atoms with Crippen LogP contribution in [0.2, 0.25) is 0 Å². The Morgan fingerprint density at radius 3 is 2.45 bits per heavy atom. The molecular weight excluding hydrogens is 364 g/mol. The number of nitrogens with two attached hydrogens (primary N) is 1. The van der Waals surface area contributed by atoms with E-state index in [0.717, 1.165) is 35.7 Å². The van der Waals surface area contributed by atoms with E-state index in [2.05, 4.69) is 20.7 Å². The highest BCUT2D eigenvalue weighted by atomic mass is 79.9. The lowest BCUT2D eigenvalue weighted by atomic mass is 9.93. The smallest absolute Gasteiger partial charge is 0.241 e. The Hall–Kier alpha value is -0.140. The summed E-state index contributed by atoms with van der Waals surface area (Å²) >= 11 is 3.31. The fraction of sp³-hybridized carbons (Fsp3) is 0.538. The van der Waals surface area contributed by atoms with Gasteiger partial charge in [0.1, 0.15) is 0 Å². The summed E-state index contributed by atoms with van der Waals surface area (Å²) < 4.78 is 28.3. The van der Waals surface area contributed by atoms with Gasteiger partial charge in [-0.15, -0.1) is 12.4 Å². The van der Waals surface area contributed by atoms with Crippen molar-refractivity contribution >= 4 is 38.4 Å². The van der Waals surface area contributed by atoms with E-state index in [1.54, 1.807) is 19.1 Å². The Balaban J connectivity index is 0.00000200. The van der Waals surface area contributed by atoms with Crippen LogP contribution in [0.4, 0.5) is 0 Å². The van der Waals surface area contributed by atoms with Gasteiger partial charge in [0.05, 0.1) is 4.90 Å². The molecule has 1 aliphatic rings. The van der Waals surface area contributed by atoms with Gasteiger partial charge < -0.3 is 5.73 Å². The van der Waals surface area contributed by atoms with Crippen LogP contribution < -0.4 is 10.5 Å². The molecule has 7 heteroatoms. The molecule has 1 aromatic rings. The third kappa shape index (κ3) is 4.43. The van der Waals surface area contributed by atoms with Crippen molar-refractivity contribution in [2.75, 3.05) is 0 Å². The molecule has 114 valence electrons. The van der Waals surface area contributed by atoms with Gasteiger partial charge in [-0.05, 0) is 50.3 Å². The number of nitrogens with one attached hydrogen (secondary N) is 1. The first-order valence-electron chi connectivity index (χ1n) is 6.42. The van der Waals surface area contributed by atoms with Crippen LogP contribution in [-0.2, 0) is 10.0 Å². The zero-order valence-electron chi connectivity index (χ0n) is 11.3. The molecular formula is C13H20BrClN2O2S. The summed E-state index contributed by atoms with van der Waals surface area (Å²) in [5.74, 6) is 0. The summed E-state index contributed by atoms with van der Waals surface area (Å²) in [6.45, 7) is 1.80. The predicted octanol–water partition coefficient (Wildman–Crippen LogP) is 2.73. The van der Waals surface area contributed by atoms with Gasteiger partial charge in [-0.3, -0.25) is 0 Å². The molecule has 1 aromatic carbocycles. The maximum atomic E-state index is 12.4. The molecule has 0 radical (unpaired) electrons. The number of sulfonamides is 1. The van der Waals surface area contributed by atoms with Crippen LogP contribution >= 0.6 is 28.3 Å². The van der Waals surface area contributed by atoms with E-state index in [-0.39, 0.29) is 24.5 Å². The van der Waals surface area contributed by atoms with Crippen LogP contribution in [0.5, 0.6) is 0 Å². The fourth-order valence-electron chi connectivity index (χ4n) is 2.38. The van der Waals surface area contributed by atoms with Crippen molar-refractivity contribution in [2.24, 2.45) is 5.73 Å². The topological polar surface area (TPSA) is 72.2 Å². The highest BCUT2D eigenvalue weighted by molar-refractivity contribution is 9.10. The third-order valence-corrected chi connectivity index (χ3v) is 5.69. The molecule has 3 N–H and O–H groups in total. The van der Waals surface area contributed by atoms with E-state index in [4.69, 9.17) is 5.73 Å². The quantitative estimate of drug-likeness (QED) is 0.843. The SMILES string of the molecule is Cc1ccc(Br)cc1S(=O)(=O)NC1CCC(N)CC1.Cl. The van der Waals surface area contributed by atoms with Crippen molar-refractivity contribution in [3.63, 3.8) is 0 Å².